The molecule has 0 saturated heterocycles. The topological polar surface area (TPSA) is 95.5 Å². The van der Waals surface area contributed by atoms with Gasteiger partial charge in [-0.1, -0.05) is 44.4 Å². The van der Waals surface area contributed by atoms with E-state index in [0.29, 0.717) is 31.4 Å². The molecule has 0 atom stereocenters. The minimum atomic E-state index is -0.997. The van der Waals surface area contributed by atoms with Crippen molar-refractivity contribution >= 4 is 17.8 Å². The molecule has 0 bridgehead atoms. The van der Waals surface area contributed by atoms with Crippen molar-refractivity contribution in [2.24, 2.45) is 0 Å². The van der Waals surface area contributed by atoms with Gasteiger partial charge in [0, 0.05) is 13.0 Å². The summed E-state index contributed by atoms with van der Waals surface area (Å²) in [5.41, 5.74) is 0.0215. The molecule has 0 spiro atoms. The van der Waals surface area contributed by atoms with Gasteiger partial charge in [0.1, 0.15) is 5.54 Å². The van der Waals surface area contributed by atoms with Gasteiger partial charge in [0.2, 0.25) is 11.8 Å². The molecule has 0 unspecified atom stereocenters. The lowest BCUT2D eigenvalue weighted by Gasteiger charge is -2.36. The highest BCUT2D eigenvalue weighted by molar-refractivity contribution is 5.92. The van der Waals surface area contributed by atoms with Crippen LogP contribution in [0, 0.1) is 0 Å². The van der Waals surface area contributed by atoms with Crippen LogP contribution in [0.15, 0.2) is 24.3 Å². The first-order valence-corrected chi connectivity index (χ1v) is 9.39. The Bertz CT molecular complexity index is 651. The van der Waals surface area contributed by atoms with Gasteiger partial charge in [-0.3, -0.25) is 9.59 Å². The minimum Gasteiger partial charge on any atom is -0.478 e. The van der Waals surface area contributed by atoms with Crippen molar-refractivity contribution in [3.63, 3.8) is 0 Å². The molecule has 3 N–H and O–H groups in total. The maximum absolute atomic E-state index is 12.6. The van der Waals surface area contributed by atoms with Crippen LogP contribution >= 0.6 is 0 Å². The van der Waals surface area contributed by atoms with Gasteiger partial charge in [0.25, 0.3) is 0 Å². The van der Waals surface area contributed by atoms with E-state index in [2.05, 4.69) is 10.6 Å². The van der Waals surface area contributed by atoms with Crippen LogP contribution in [-0.2, 0) is 16.0 Å². The zero-order chi connectivity index (χ0) is 19.0. The molecule has 1 fully saturated rings. The largest absolute Gasteiger partial charge is 0.478 e. The van der Waals surface area contributed by atoms with E-state index in [1.54, 1.807) is 18.2 Å². The molecule has 0 radical (unpaired) electrons. The molecular formula is C20H28N2O4. The summed E-state index contributed by atoms with van der Waals surface area (Å²) in [6.45, 7) is 2.59. The van der Waals surface area contributed by atoms with Crippen molar-refractivity contribution < 1.29 is 19.5 Å². The standard InChI is InChI=1S/C20H28N2O4/c1-2-14-21-19(26)20(12-6-3-7-13-20)22-17(23)11-10-15-8-4-5-9-16(15)18(24)25/h4-5,8-9H,2-3,6-7,10-14H2,1H3,(H,21,26)(H,22,23)(H,24,25). The molecule has 0 aromatic heterocycles. The Kier molecular flexibility index (Phi) is 7.18. The first kappa shape index (κ1) is 19.9. The summed E-state index contributed by atoms with van der Waals surface area (Å²) < 4.78 is 0. The van der Waals surface area contributed by atoms with E-state index in [-0.39, 0.29) is 23.8 Å². The van der Waals surface area contributed by atoms with Crippen molar-refractivity contribution in [2.45, 2.75) is 63.8 Å². The van der Waals surface area contributed by atoms with E-state index in [1.165, 1.54) is 6.07 Å². The smallest absolute Gasteiger partial charge is 0.335 e. The lowest BCUT2D eigenvalue weighted by molar-refractivity contribution is -0.135. The molecule has 1 saturated carbocycles. The molecule has 6 nitrogen and oxygen atoms in total. The number of carbonyl (C=O) groups is 3. The Hall–Kier alpha value is -2.37. The second kappa shape index (κ2) is 9.36. The SMILES string of the molecule is CCCNC(=O)C1(NC(=O)CCc2ccccc2C(=O)O)CCCCC1. The number of benzene rings is 1. The van der Waals surface area contributed by atoms with E-state index in [1.807, 2.05) is 6.92 Å². The van der Waals surface area contributed by atoms with E-state index < -0.39 is 11.5 Å². The second-order valence-electron chi connectivity index (χ2n) is 6.91. The summed E-state index contributed by atoms with van der Waals surface area (Å²) in [5.74, 6) is -1.30. The summed E-state index contributed by atoms with van der Waals surface area (Å²) in [4.78, 5) is 36.4. The molecule has 0 aliphatic heterocycles. The van der Waals surface area contributed by atoms with Crippen molar-refractivity contribution in [3.05, 3.63) is 35.4 Å². The van der Waals surface area contributed by atoms with Crippen molar-refractivity contribution in [2.75, 3.05) is 6.54 Å². The summed E-state index contributed by atoms with van der Waals surface area (Å²) in [7, 11) is 0. The number of amides is 2. The summed E-state index contributed by atoms with van der Waals surface area (Å²) in [5, 5.41) is 15.1. The van der Waals surface area contributed by atoms with E-state index in [9.17, 15) is 19.5 Å². The van der Waals surface area contributed by atoms with Gasteiger partial charge in [-0.25, -0.2) is 4.79 Å². The van der Waals surface area contributed by atoms with Gasteiger partial charge in [-0.2, -0.15) is 0 Å². The van der Waals surface area contributed by atoms with Crippen molar-refractivity contribution in [1.29, 1.82) is 0 Å². The van der Waals surface area contributed by atoms with Crippen LogP contribution in [0.1, 0.15) is 67.8 Å². The fraction of sp³-hybridized carbons (Fsp3) is 0.550. The van der Waals surface area contributed by atoms with Crippen LogP contribution in [0.2, 0.25) is 0 Å². The summed E-state index contributed by atoms with van der Waals surface area (Å²) in [6.07, 6.45) is 5.56. The highest BCUT2D eigenvalue weighted by Gasteiger charge is 2.40. The predicted molar refractivity (Wildman–Crippen MR) is 99.0 cm³/mol. The molecule has 1 aromatic carbocycles. The van der Waals surface area contributed by atoms with E-state index in [0.717, 1.165) is 25.7 Å². The van der Waals surface area contributed by atoms with Gasteiger partial charge in [0.05, 0.1) is 5.56 Å². The highest BCUT2D eigenvalue weighted by atomic mass is 16.4. The third-order valence-electron chi connectivity index (χ3n) is 4.93. The average Bonchev–Trinajstić information content (AvgIpc) is 2.65. The third kappa shape index (κ3) is 5.07. The number of carboxylic acid groups (broad SMARTS) is 1. The molecule has 1 aliphatic carbocycles. The number of aryl methyl sites for hydroxylation is 1. The Morgan fingerprint density at radius 3 is 2.46 bits per heavy atom. The van der Waals surface area contributed by atoms with Crippen LogP contribution in [0.5, 0.6) is 0 Å². The van der Waals surface area contributed by atoms with Gasteiger partial charge < -0.3 is 15.7 Å². The van der Waals surface area contributed by atoms with Gasteiger partial charge in [-0.15, -0.1) is 0 Å². The number of aromatic carboxylic acids is 1. The fourth-order valence-corrected chi connectivity index (χ4v) is 3.50. The average molecular weight is 360 g/mol. The molecule has 6 heteroatoms. The van der Waals surface area contributed by atoms with E-state index in [4.69, 9.17) is 0 Å². The minimum absolute atomic E-state index is 0.0988. The number of carbonyl (C=O) groups excluding carboxylic acids is 2. The first-order valence-electron chi connectivity index (χ1n) is 9.39. The fourth-order valence-electron chi connectivity index (χ4n) is 3.50. The van der Waals surface area contributed by atoms with Crippen LogP contribution in [-0.4, -0.2) is 35.0 Å². The quantitative estimate of drug-likeness (QED) is 0.664. The molecule has 0 heterocycles. The third-order valence-corrected chi connectivity index (χ3v) is 4.93. The zero-order valence-corrected chi connectivity index (χ0v) is 15.3. The lowest BCUT2D eigenvalue weighted by atomic mass is 9.80. The monoisotopic (exact) mass is 360 g/mol. The second-order valence-corrected chi connectivity index (χ2v) is 6.91. The number of hydrogen-bond acceptors (Lipinski definition) is 3. The van der Waals surface area contributed by atoms with Crippen LogP contribution in [0.3, 0.4) is 0 Å². The van der Waals surface area contributed by atoms with Gasteiger partial charge >= 0.3 is 5.97 Å². The van der Waals surface area contributed by atoms with Crippen molar-refractivity contribution in [3.8, 4) is 0 Å². The molecule has 2 rings (SSSR count). The van der Waals surface area contributed by atoms with Crippen molar-refractivity contribution in [1.82, 2.24) is 10.6 Å². The molecule has 2 amide bonds. The number of nitrogens with one attached hydrogen (secondary N) is 2. The maximum Gasteiger partial charge on any atom is 0.335 e. The molecule has 142 valence electrons. The van der Waals surface area contributed by atoms with Crippen LogP contribution < -0.4 is 10.6 Å². The van der Waals surface area contributed by atoms with Gasteiger partial charge in [0.15, 0.2) is 0 Å². The van der Waals surface area contributed by atoms with E-state index >= 15 is 0 Å². The Morgan fingerprint density at radius 1 is 1.12 bits per heavy atom. The molecule has 26 heavy (non-hydrogen) atoms. The van der Waals surface area contributed by atoms with Gasteiger partial charge in [-0.05, 0) is 37.3 Å². The summed E-state index contributed by atoms with van der Waals surface area (Å²) in [6, 6.07) is 6.69. The molecular weight excluding hydrogens is 332 g/mol. The normalized spacial score (nSPS) is 15.9. The van der Waals surface area contributed by atoms with Crippen LogP contribution in [0.4, 0.5) is 0 Å². The number of rotatable bonds is 8. The molecule has 1 aromatic rings. The first-order chi connectivity index (χ1) is 12.5. The Morgan fingerprint density at radius 2 is 1.81 bits per heavy atom. The maximum atomic E-state index is 12.6. The Labute approximate surface area is 154 Å². The Balaban J connectivity index is 2.01. The number of carboxylic acids is 1. The summed E-state index contributed by atoms with van der Waals surface area (Å²) >= 11 is 0. The molecule has 1 aliphatic rings. The van der Waals surface area contributed by atoms with Crippen LogP contribution in [0.25, 0.3) is 0 Å². The lowest BCUT2D eigenvalue weighted by Crippen LogP contribution is -2.59. The zero-order valence-electron chi connectivity index (χ0n) is 15.3. The number of hydrogen-bond donors (Lipinski definition) is 3. The predicted octanol–water partition coefficient (Wildman–Crippen LogP) is 2.66. The highest BCUT2D eigenvalue weighted by Crippen LogP contribution is 2.28.